The number of carbonyl (C=O) groups excluding carboxylic acids is 1. The second-order valence-electron chi connectivity index (χ2n) is 8.46. The number of aliphatic hydroxyl groups excluding tert-OH is 1. The summed E-state index contributed by atoms with van der Waals surface area (Å²) in [4.78, 5) is 18.9. The number of hydrogen-bond acceptors (Lipinski definition) is 4. The smallest absolute Gasteiger partial charge is 0.262 e. The lowest BCUT2D eigenvalue weighted by molar-refractivity contribution is -0.136. The van der Waals surface area contributed by atoms with Crippen molar-refractivity contribution < 1.29 is 23.1 Å². The van der Waals surface area contributed by atoms with Gasteiger partial charge in [0, 0.05) is 49.3 Å². The maximum Gasteiger partial charge on any atom is 0.262 e. The average molecular weight is 468 g/mol. The fourth-order valence-corrected chi connectivity index (χ4v) is 4.62. The second kappa shape index (κ2) is 9.00. The number of halogens is 4. The first-order valence-corrected chi connectivity index (χ1v) is 11.1. The van der Waals surface area contributed by atoms with E-state index in [0.29, 0.717) is 5.02 Å². The minimum Gasteiger partial charge on any atom is -0.387 e. The Balaban J connectivity index is 1.54. The Morgan fingerprint density at radius 3 is 2.56 bits per heavy atom. The van der Waals surface area contributed by atoms with Crippen LogP contribution in [0.25, 0.3) is 0 Å². The van der Waals surface area contributed by atoms with E-state index in [-0.39, 0.29) is 56.6 Å². The van der Waals surface area contributed by atoms with Crippen LogP contribution in [0, 0.1) is 0 Å². The number of alkyl halides is 3. The number of benzene rings is 1. The number of pyridine rings is 1. The van der Waals surface area contributed by atoms with Crippen molar-refractivity contribution in [2.75, 3.05) is 19.6 Å². The van der Waals surface area contributed by atoms with Crippen LogP contribution >= 0.6 is 11.6 Å². The zero-order chi connectivity index (χ0) is 22.9. The van der Waals surface area contributed by atoms with E-state index in [2.05, 4.69) is 10.3 Å². The molecule has 1 fully saturated rings. The monoisotopic (exact) mass is 467 g/mol. The van der Waals surface area contributed by atoms with E-state index in [9.17, 15) is 18.7 Å². The zero-order valence-corrected chi connectivity index (χ0v) is 18.2. The summed E-state index contributed by atoms with van der Waals surface area (Å²) in [5.41, 5.74) is -1.28. The quantitative estimate of drug-likeness (QED) is 0.687. The molecular weight excluding hydrogens is 443 g/mol. The highest BCUT2D eigenvalue weighted by atomic mass is 35.5. The summed E-state index contributed by atoms with van der Waals surface area (Å²) in [7, 11) is 0. The Labute approximate surface area is 189 Å². The van der Waals surface area contributed by atoms with Crippen LogP contribution in [0.1, 0.15) is 54.6 Å². The lowest BCUT2D eigenvalue weighted by atomic mass is 9.81. The van der Waals surface area contributed by atoms with Gasteiger partial charge in [0.1, 0.15) is 0 Å². The molecule has 1 aliphatic heterocycles. The van der Waals surface area contributed by atoms with Crippen molar-refractivity contribution in [2.45, 2.75) is 49.4 Å². The maximum atomic E-state index is 15.9. The third-order valence-corrected chi connectivity index (χ3v) is 6.64. The molecule has 0 bridgehead atoms. The van der Waals surface area contributed by atoms with Gasteiger partial charge < -0.3 is 10.4 Å². The fraction of sp³-hybridized carbons (Fsp3) is 0.478. The van der Waals surface area contributed by atoms with Crippen LogP contribution in [0.2, 0.25) is 5.02 Å². The number of carbonyl (C=O) groups is 1. The number of aromatic nitrogens is 1. The topological polar surface area (TPSA) is 65.5 Å². The van der Waals surface area contributed by atoms with Crippen molar-refractivity contribution in [3.63, 3.8) is 0 Å². The van der Waals surface area contributed by atoms with E-state index in [1.807, 2.05) is 4.90 Å². The maximum absolute atomic E-state index is 15.9. The normalized spacial score (nSPS) is 26.2. The van der Waals surface area contributed by atoms with Crippen LogP contribution in [-0.2, 0) is 10.5 Å². The van der Waals surface area contributed by atoms with Crippen LogP contribution in [0.4, 0.5) is 13.2 Å². The molecule has 2 N–H and O–H groups in total. The molecule has 1 aromatic carbocycles. The first-order valence-electron chi connectivity index (χ1n) is 10.7. The number of rotatable bonds is 5. The minimum atomic E-state index is -2.70. The second-order valence-corrected chi connectivity index (χ2v) is 8.90. The summed E-state index contributed by atoms with van der Waals surface area (Å²) < 4.78 is 43.3. The van der Waals surface area contributed by atoms with E-state index in [4.69, 9.17) is 11.6 Å². The highest BCUT2D eigenvalue weighted by Crippen LogP contribution is 2.42. The zero-order valence-electron chi connectivity index (χ0n) is 17.4. The molecule has 4 rings (SSSR count). The van der Waals surface area contributed by atoms with Gasteiger partial charge in [0.15, 0.2) is 0 Å². The van der Waals surface area contributed by atoms with Gasteiger partial charge in [-0.15, -0.1) is 0 Å². The van der Waals surface area contributed by atoms with Crippen molar-refractivity contribution in [3.8, 4) is 0 Å². The summed E-state index contributed by atoms with van der Waals surface area (Å²) in [5.74, 6) is -3.52. The highest BCUT2D eigenvalue weighted by Gasteiger charge is 2.47. The van der Waals surface area contributed by atoms with Gasteiger partial charge in [0.05, 0.1) is 17.8 Å². The van der Waals surface area contributed by atoms with Crippen LogP contribution in [0.3, 0.4) is 0 Å². The van der Waals surface area contributed by atoms with Gasteiger partial charge in [-0.1, -0.05) is 29.8 Å². The first-order chi connectivity index (χ1) is 15.2. The highest BCUT2D eigenvalue weighted by molar-refractivity contribution is 6.30. The molecule has 32 heavy (non-hydrogen) atoms. The van der Waals surface area contributed by atoms with Crippen molar-refractivity contribution in [2.24, 2.45) is 0 Å². The SMILES string of the molecule is O=C(NCC(c1ccc(Cl)cc1)N1CCC(F)(F)CC1)C1(F)CCC(O)c2ncccc21. The molecule has 3 unspecified atom stereocenters. The first kappa shape index (κ1) is 23.0. The Kier molecular flexibility index (Phi) is 6.47. The Bertz CT molecular complexity index is 965. The van der Waals surface area contributed by atoms with Gasteiger partial charge in [-0.05, 0) is 36.6 Å². The van der Waals surface area contributed by atoms with E-state index in [0.717, 1.165) is 5.56 Å². The molecule has 2 aromatic rings. The number of nitrogens with one attached hydrogen (secondary N) is 1. The van der Waals surface area contributed by atoms with Gasteiger partial charge >= 0.3 is 0 Å². The van der Waals surface area contributed by atoms with Gasteiger partial charge in [-0.3, -0.25) is 14.7 Å². The third-order valence-electron chi connectivity index (χ3n) is 6.38. The van der Waals surface area contributed by atoms with Crippen LogP contribution in [0.15, 0.2) is 42.6 Å². The van der Waals surface area contributed by atoms with E-state index >= 15 is 4.39 Å². The Morgan fingerprint density at radius 1 is 1.19 bits per heavy atom. The number of hydrogen-bond donors (Lipinski definition) is 2. The molecule has 5 nitrogen and oxygen atoms in total. The molecule has 0 spiro atoms. The number of fused-ring (bicyclic) bond motifs is 1. The standard InChI is InChI=1S/C23H25ClF3N3O2/c24-16-5-3-15(4-6-16)18(30-12-9-22(25,26)10-13-30)14-29-21(32)23(27)8-7-19(31)20-17(23)2-1-11-28-20/h1-6,11,18-19,31H,7-10,12-14H2,(H,29,32). The average Bonchev–Trinajstić information content (AvgIpc) is 2.78. The molecule has 1 saturated heterocycles. The van der Waals surface area contributed by atoms with Gasteiger partial charge in [0.25, 0.3) is 11.8 Å². The predicted octanol–water partition coefficient (Wildman–Crippen LogP) is 4.32. The molecule has 9 heteroatoms. The predicted molar refractivity (Wildman–Crippen MR) is 114 cm³/mol. The van der Waals surface area contributed by atoms with E-state index in [1.54, 1.807) is 24.3 Å². The van der Waals surface area contributed by atoms with Crippen LogP contribution in [-0.4, -0.2) is 46.5 Å². The van der Waals surface area contributed by atoms with Crippen molar-refractivity contribution in [3.05, 3.63) is 64.4 Å². The van der Waals surface area contributed by atoms with Crippen LogP contribution < -0.4 is 5.32 Å². The number of likely N-dealkylation sites (tertiary alicyclic amines) is 1. The lowest BCUT2D eigenvalue weighted by Gasteiger charge is -2.38. The summed E-state index contributed by atoms with van der Waals surface area (Å²) in [5, 5.41) is 13.4. The molecular formula is C23H25ClF3N3O2. The third kappa shape index (κ3) is 4.63. The largest absolute Gasteiger partial charge is 0.387 e. The summed E-state index contributed by atoms with van der Waals surface area (Å²) in [6.07, 6.45) is -0.0891. The van der Waals surface area contributed by atoms with Gasteiger partial charge in [-0.2, -0.15) is 0 Å². The van der Waals surface area contributed by atoms with Gasteiger partial charge in [0.2, 0.25) is 5.67 Å². The Hall–Kier alpha value is -2.16. The van der Waals surface area contributed by atoms with Crippen molar-refractivity contribution >= 4 is 17.5 Å². The molecule has 1 aliphatic carbocycles. The number of aliphatic hydroxyl groups is 1. The minimum absolute atomic E-state index is 0.0514. The lowest BCUT2D eigenvalue weighted by Crippen LogP contribution is -2.49. The van der Waals surface area contributed by atoms with Crippen molar-refractivity contribution in [1.29, 1.82) is 0 Å². The number of piperidine rings is 1. The molecule has 1 aromatic heterocycles. The van der Waals surface area contributed by atoms with Gasteiger partial charge in [-0.25, -0.2) is 13.2 Å². The summed E-state index contributed by atoms with van der Waals surface area (Å²) >= 11 is 5.99. The van der Waals surface area contributed by atoms with Crippen LogP contribution in [0.5, 0.6) is 0 Å². The van der Waals surface area contributed by atoms with E-state index < -0.39 is 29.6 Å². The van der Waals surface area contributed by atoms with Crippen molar-refractivity contribution in [1.82, 2.24) is 15.2 Å². The summed E-state index contributed by atoms with van der Waals surface area (Å²) in [6.45, 7) is 0.377. The van der Waals surface area contributed by atoms with E-state index in [1.165, 1.54) is 18.3 Å². The number of amides is 1. The Morgan fingerprint density at radius 2 is 1.88 bits per heavy atom. The molecule has 2 aliphatic rings. The molecule has 3 atom stereocenters. The summed E-state index contributed by atoms with van der Waals surface area (Å²) in [6, 6.07) is 9.56. The molecule has 0 saturated carbocycles. The molecule has 2 heterocycles. The fourth-order valence-electron chi connectivity index (χ4n) is 4.50. The molecule has 0 radical (unpaired) electrons. The number of nitrogens with zero attached hydrogens (tertiary/aromatic N) is 2. The molecule has 1 amide bonds. The molecule has 172 valence electrons.